The fraction of sp³-hybridized carbons (Fsp3) is 0.308. The van der Waals surface area contributed by atoms with Crippen LogP contribution in [0.3, 0.4) is 0 Å². The predicted molar refractivity (Wildman–Crippen MR) is 127 cm³/mol. The smallest absolute Gasteiger partial charge is 0.320 e. The second-order valence-electron chi connectivity index (χ2n) is 7.75. The SMILES string of the molecule is CCC(C(=O)O)N(Cc1ccccc1)Cc1ccc(OCCN(C)c2ccccn2)cc1. The van der Waals surface area contributed by atoms with Crippen molar-refractivity contribution >= 4 is 11.8 Å². The maximum Gasteiger partial charge on any atom is 0.320 e. The van der Waals surface area contributed by atoms with Gasteiger partial charge in [-0.15, -0.1) is 0 Å². The summed E-state index contributed by atoms with van der Waals surface area (Å²) in [6.45, 7) is 4.33. The van der Waals surface area contributed by atoms with E-state index >= 15 is 0 Å². The van der Waals surface area contributed by atoms with Crippen LogP contribution in [0.2, 0.25) is 0 Å². The molecule has 0 saturated heterocycles. The fourth-order valence-corrected chi connectivity index (χ4v) is 3.60. The average Bonchev–Trinajstić information content (AvgIpc) is 2.81. The van der Waals surface area contributed by atoms with E-state index in [1.807, 2.05) is 96.6 Å². The summed E-state index contributed by atoms with van der Waals surface area (Å²) in [6, 6.07) is 23.2. The molecule has 0 aliphatic carbocycles. The van der Waals surface area contributed by atoms with E-state index in [1.165, 1.54) is 0 Å². The highest BCUT2D eigenvalue weighted by molar-refractivity contribution is 5.73. The van der Waals surface area contributed by atoms with E-state index in [2.05, 4.69) is 4.98 Å². The summed E-state index contributed by atoms with van der Waals surface area (Å²) in [4.78, 5) is 20.2. The summed E-state index contributed by atoms with van der Waals surface area (Å²) in [5.41, 5.74) is 2.16. The third kappa shape index (κ3) is 6.82. The van der Waals surface area contributed by atoms with E-state index in [1.54, 1.807) is 6.20 Å². The molecule has 0 spiro atoms. The van der Waals surface area contributed by atoms with Gasteiger partial charge in [0.25, 0.3) is 0 Å². The van der Waals surface area contributed by atoms with Crippen molar-refractivity contribution in [2.75, 3.05) is 25.1 Å². The lowest BCUT2D eigenvalue weighted by molar-refractivity contribution is -0.144. The van der Waals surface area contributed by atoms with Gasteiger partial charge in [0.05, 0.1) is 6.54 Å². The number of hydrogen-bond donors (Lipinski definition) is 1. The highest BCUT2D eigenvalue weighted by Crippen LogP contribution is 2.19. The van der Waals surface area contributed by atoms with Gasteiger partial charge in [0, 0.05) is 26.3 Å². The van der Waals surface area contributed by atoms with E-state index in [9.17, 15) is 9.90 Å². The van der Waals surface area contributed by atoms with Crippen LogP contribution in [-0.2, 0) is 17.9 Å². The van der Waals surface area contributed by atoms with Crippen molar-refractivity contribution in [1.82, 2.24) is 9.88 Å². The molecule has 0 aliphatic heterocycles. The number of carboxylic acid groups (broad SMARTS) is 1. The van der Waals surface area contributed by atoms with E-state index < -0.39 is 12.0 Å². The lowest BCUT2D eigenvalue weighted by atomic mass is 10.1. The number of anilines is 1. The molecule has 2 aromatic carbocycles. The standard InChI is InChI=1S/C26H31N3O3/c1-3-24(26(30)31)29(19-21-9-5-4-6-10-21)20-22-12-14-23(15-13-22)32-18-17-28(2)25-11-7-8-16-27-25/h4-16,24H,3,17-20H2,1-2H3,(H,30,31). The van der Waals surface area contributed by atoms with Gasteiger partial charge >= 0.3 is 5.97 Å². The summed E-state index contributed by atoms with van der Waals surface area (Å²) in [5.74, 6) is 0.914. The largest absolute Gasteiger partial charge is 0.492 e. The lowest BCUT2D eigenvalue weighted by Crippen LogP contribution is -2.39. The zero-order valence-electron chi connectivity index (χ0n) is 18.7. The van der Waals surface area contributed by atoms with Crippen molar-refractivity contribution in [3.05, 3.63) is 90.1 Å². The van der Waals surface area contributed by atoms with Crippen LogP contribution in [0.25, 0.3) is 0 Å². The molecule has 1 heterocycles. The van der Waals surface area contributed by atoms with Gasteiger partial charge in [-0.25, -0.2) is 4.98 Å². The minimum Gasteiger partial charge on any atom is -0.492 e. The van der Waals surface area contributed by atoms with Crippen LogP contribution in [0.4, 0.5) is 5.82 Å². The third-order valence-electron chi connectivity index (χ3n) is 5.39. The zero-order chi connectivity index (χ0) is 22.8. The maximum atomic E-state index is 11.8. The number of carbonyl (C=O) groups is 1. The molecule has 3 aromatic rings. The normalized spacial score (nSPS) is 11.8. The molecule has 32 heavy (non-hydrogen) atoms. The number of aromatic nitrogens is 1. The summed E-state index contributed by atoms with van der Waals surface area (Å²) >= 11 is 0. The second kappa shape index (κ2) is 11.9. The lowest BCUT2D eigenvalue weighted by Gasteiger charge is -2.28. The van der Waals surface area contributed by atoms with Crippen molar-refractivity contribution in [3.63, 3.8) is 0 Å². The third-order valence-corrected chi connectivity index (χ3v) is 5.39. The molecule has 168 valence electrons. The van der Waals surface area contributed by atoms with Crippen LogP contribution in [0.5, 0.6) is 5.75 Å². The quantitative estimate of drug-likeness (QED) is 0.455. The van der Waals surface area contributed by atoms with E-state index in [0.717, 1.165) is 29.2 Å². The Hall–Kier alpha value is -3.38. The zero-order valence-corrected chi connectivity index (χ0v) is 18.7. The molecule has 0 radical (unpaired) electrons. The molecular weight excluding hydrogens is 402 g/mol. The highest BCUT2D eigenvalue weighted by Gasteiger charge is 2.24. The van der Waals surface area contributed by atoms with Crippen molar-refractivity contribution in [1.29, 1.82) is 0 Å². The summed E-state index contributed by atoms with van der Waals surface area (Å²) in [6.07, 6.45) is 2.33. The monoisotopic (exact) mass is 433 g/mol. The van der Waals surface area contributed by atoms with Crippen LogP contribution in [0.15, 0.2) is 79.0 Å². The van der Waals surface area contributed by atoms with Gasteiger partial charge < -0.3 is 14.7 Å². The topological polar surface area (TPSA) is 65.9 Å². The molecule has 6 nitrogen and oxygen atoms in total. The fourth-order valence-electron chi connectivity index (χ4n) is 3.60. The Labute approximate surface area is 190 Å². The molecule has 0 amide bonds. The van der Waals surface area contributed by atoms with Gasteiger partial charge in [0.2, 0.25) is 0 Å². The summed E-state index contributed by atoms with van der Waals surface area (Å²) < 4.78 is 5.88. The average molecular weight is 434 g/mol. The maximum absolute atomic E-state index is 11.8. The Kier molecular flexibility index (Phi) is 8.63. The molecule has 1 N–H and O–H groups in total. The first kappa shape index (κ1) is 23.3. The Morgan fingerprint density at radius 1 is 0.969 bits per heavy atom. The van der Waals surface area contributed by atoms with Crippen LogP contribution in [0, 0.1) is 0 Å². The minimum atomic E-state index is -0.791. The van der Waals surface area contributed by atoms with Crippen LogP contribution in [-0.4, -0.2) is 47.2 Å². The molecule has 1 unspecified atom stereocenters. The number of ether oxygens (including phenoxy) is 1. The first-order valence-electron chi connectivity index (χ1n) is 10.9. The van der Waals surface area contributed by atoms with Gasteiger partial charge in [-0.1, -0.05) is 55.5 Å². The van der Waals surface area contributed by atoms with Crippen molar-refractivity contribution in [3.8, 4) is 5.75 Å². The predicted octanol–water partition coefficient (Wildman–Crippen LogP) is 4.46. The van der Waals surface area contributed by atoms with Gasteiger partial charge in [0.1, 0.15) is 24.2 Å². The number of rotatable bonds is 12. The summed E-state index contributed by atoms with van der Waals surface area (Å²) in [5, 5.41) is 9.70. The van der Waals surface area contributed by atoms with Crippen LogP contribution >= 0.6 is 0 Å². The highest BCUT2D eigenvalue weighted by atomic mass is 16.5. The van der Waals surface area contributed by atoms with E-state index in [4.69, 9.17) is 4.74 Å². The number of aliphatic carboxylic acids is 1. The van der Waals surface area contributed by atoms with E-state index in [-0.39, 0.29) is 0 Å². The van der Waals surface area contributed by atoms with Crippen molar-refractivity contribution in [2.24, 2.45) is 0 Å². The number of benzene rings is 2. The Bertz CT molecular complexity index is 949. The molecule has 0 bridgehead atoms. The molecule has 0 saturated carbocycles. The number of nitrogens with zero attached hydrogens (tertiary/aromatic N) is 3. The van der Waals surface area contributed by atoms with Gasteiger partial charge in [-0.05, 0) is 41.8 Å². The number of hydrogen-bond acceptors (Lipinski definition) is 5. The molecule has 6 heteroatoms. The number of carboxylic acids is 1. The van der Waals surface area contributed by atoms with Gasteiger partial charge in [0.15, 0.2) is 0 Å². The van der Waals surface area contributed by atoms with Crippen molar-refractivity contribution in [2.45, 2.75) is 32.5 Å². The van der Waals surface area contributed by atoms with Crippen LogP contribution < -0.4 is 9.64 Å². The van der Waals surface area contributed by atoms with Gasteiger partial charge in [-0.2, -0.15) is 0 Å². The van der Waals surface area contributed by atoms with E-state index in [0.29, 0.717) is 26.1 Å². The number of likely N-dealkylation sites (N-methyl/N-ethyl adjacent to an activating group) is 1. The Morgan fingerprint density at radius 3 is 2.22 bits per heavy atom. The van der Waals surface area contributed by atoms with Crippen molar-refractivity contribution < 1.29 is 14.6 Å². The second-order valence-corrected chi connectivity index (χ2v) is 7.75. The van der Waals surface area contributed by atoms with Gasteiger partial charge in [-0.3, -0.25) is 9.69 Å². The Morgan fingerprint density at radius 2 is 1.62 bits per heavy atom. The first-order valence-corrected chi connectivity index (χ1v) is 10.9. The molecule has 1 atom stereocenters. The Balaban J connectivity index is 1.58. The molecule has 3 rings (SSSR count). The summed E-state index contributed by atoms with van der Waals surface area (Å²) in [7, 11) is 1.99. The molecular formula is C26H31N3O3. The van der Waals surface area contributed by atoms with Crippen LogP contribution in [0.1, 0.15) is 24.5 Å². The molecule has 0 aliphatic rings. The first-order chi connectivity index (χ1) is 15.6. The number of pyridine rings is 1. The molecule has 0 fully saturated rings. The molecule has 1 aromatic heterocycles. The minimum absolute atomic E-state index is 0.534.